The van der Waals surface area contributed by atoms with E-state index in [9.17, 15) is 0 Å². The number of aromatic nitrogens is 3. The van der Waals surface area contributed by atoms with E-state index in [0.29, 0.717) is 13.2 Å². The third kappa shape index (κ3) is 4.32. The number of nitrogens with zero attached hydrogens (tertiary/aromatic N) is 3. The Labute approximate surface area is 186 Å². The first-order valence-electron chi connectivity index (χ1n) is 10.5. The predicted molar refractivity (Wildman–Crippen MR) is 126 cm³/mol. The Hall–Kier alpha value is -4.12. The highest BCUT2D eigenvalue weighted by molar-refractivity contribution is 5.78. The molecule has 158 valence electrons. The van der Waals surface area contributed by atoms with Gasteiger partial charge in [0, 0.05) is 17.1 Å². The van der Waals surface area contributed by atoms with Gasteiger partial charge in [-0.3, -0.25) is 9.67 Å². The summed E-state index contributed by atoms with van der Waals surface area (Å²) >= 11 is 0. The van der Waals surface area contributed by atoms with Crippen LogP contribution in [0.3, 0.4) is 0 Å². The molecule has 0 saturated carbocycles. The van der Waals surface area contributed by atoms with Crippen molar-refractivity contribution in [3.05, 3.63) is 108 Å². The lowest BCUT2D eigenvalue weighted by atomic mass is 10.1. The summed E-state index contributed by atoms with van der Waals surface area (Å²) in [5, 5.41) is 5.92. The van der Waals surface area contributed by atoms with E-state index in [1.807, 2.05) is 77.6 Å². The maximum atomic E-state index is 6.14. The normalized spacial score (nSPS) is 10.9. The van der Waals surface area contributed by atoms with Gasteiger partial charge in [-0.1, -0.05) is 54.6 Å². The molecule has 0 bridgehead atoms. The van der Waals surface area contributed by atoms with Gasteiger partial charge in [-0.15, -0.1) is 0 Å². The summed E-state index contributed by atoms with van der Waals surface area (Å²) in [5.74, 6) is 1.53. The largest absolute Gasteiger partial charge is 0.497 e. The molecule has 0 fully saturated rings. The van der Waals surface area contributed by atoms with Crippen molar-refractivity contribution in [2.24, 2.45) is 0 Å². The topological polar surface area (TPSA) is 49.2 Å². The van der Waals surface area contributed by atoms with Crippen LogP contribution in [0.5, 0.6) is 11.5 Å². The number of fused-ring (bicyclic) bond motifs is 1. The first-order chi connectivity index (χ1) is 15.8. The fourth-order valence-corrected chi connectivity index (χ4v) is 3.65. The van der Waals surface area contributed by atoms with Crippen LogP contribution < -0.4 is 9.47 Å². The quantitative estimate of drug-likeness (QED) is 0.337. The molecule has 32 heavy (non-hydrogen) atoms. The third-order valence-corrected chi connectivity index (χ3v) is 5.32. The Morgan fingerprint density at radius 3 is 2.56 bits per heavy atom. The number of para-hydroxylation sites is 1. The summed E-state index contributed by atoms with van der Waals surface area (Å²) in [4.78, 5) is 4.75. The number of hydrogen-bond acceptors (Lipinski definition) is 4. The highest BCUT2D eigenvalue weighted by Crippen LogP contribution is 2.33. The predicted octanol–water partition coefficient (Wildman–Crippen LogP) is 5.73. The van der Waals surface area contributed by atoms with Crippen molar-refractivity contribution < 1.29 is 9.47 Å². The smallest absolute Gasteiger partial charge is 0.129 e. The molecule has 3 aromatic carbocycles. The molecule has 0 atom stereocenters. The van der Waals surface area contributed by atoms with E-state index in [4.69, 9.17) is 19.6 Å². The van der Waals surface area contributed by atoms with E-state index in [1.54, 1.807) is 7.11 Å². The molecule has 5 heteroatoms. The molecule has 5 aromatic rings. The van der Waals surface area contributed by atoms with Crippen molar-refractivity contribution in [3.8, 4) is 22.8 Å². The molecule has 0 N–H and O–H groups in total. The maximum Gasteiger partial charge on any atom is 0.129 e. The Balaban J connectivity index is 1.40. The Morgan fingerprint density at radius 1 is 0.844 bits per heavy atom. The van der Waals surface area contributed by atoms with Gasteiger partial charge < -0.3 is 9.47 Å². The average molecular weight is 422 g/mol. The molecule has 0 spiro atoms. The molecular formula is C27H23N3O2. The van der Waals surface area contributed by atoms with Crippen molar-refractivity contribution in [2.45, 2.75) is 13.2 Å². The monoisotopic (exact) mass is 421 g/mol. The second-order valence-electron chi connectivity index (χ2n) is 7.53. The van der Waals surface area contributed by atoms with Crippen LogP contribution in [0.2, 0.25) is 0 Å². The summed E-state index contributed by atoms with van der Waals surface area (Å²) in [6.07, 6.45) is 1.96. The summed E-state index contributed by atoms with van der Waals surface area (Å²) in [6, 6.07) is 30.2. The molecule has 5 nitrogen and oxygen atoms in total. The first-order valence-corrected chi connectivity index (χ1v) is 10.5. The molecular weight excluding hydrogens is 398 g/mol. The molecule has 0 aliphatic heterocycles. The van der Waals surface area contributed by atoms with Gasteiger partial charge in [-0.25, -0.2) is 0 Å². The molecule has 2 aromatic heterocycles. The van der Waals surface area contributed by atoms with Gasteiger partial charge in [0.2, 0.25) is 0 Å². The van der Waals surface area contributed by atoms with Crippen LogP contribution in [-0.2, 0) is 13.2 Å². The Bertz CT molecular complexity index is 1350. The van der Waals surface area contributed by atoms with Crippen LogP contribution in [0, 0.1) is 0 Å². The van der Waals surface area contributed by atoms with Crippen LogP contribution in [0.25, 0.3) is 22.2 Å². The summed E-state index contributed by atoms with van der Waals surface area (Å²) in [7, 11) is 1.66. The van der Waals surface area contributed by atoms with Gasteiger partial charge in [0.25, 0.3) is 0 Å². The summed E-state index contributed by atoms with van der Waals surface area (Å²) in [5.41, 5.74) is 4.78. The first kappa shape index (κ1) is 19.8. The van der Waals surface area contributed by atoms with Crippen molar-refractivity contribution in [3.63, 3.8) is 0 Å². The highest BCUT2D eigenvalue weighted by Gasteiger charge is 2.12. The van der Waals surface area contributed by atoms with E-state index in [1.165, 1.54) is 0 Å². The Kier molecular flexibility index (Phi) is 5.54. The van der Waals surface area contributed by atoms with Gasteiger partial charge in [0.05, 0.1) is 30.6 Å². The second-order valence-corrected chi connectivity index (χ2v) is 7.53. The van der Waals surface area contributed by atoms with Crippen molar-refractivity contribution in [2.75, 3.05) is 7.11 Å². The van der Waals surface area contributed by atoms with Crippen molar-refractivity contribution >= 4 is 10.9 Å². The van der Waals surface area contributed by atoms with Crippen LogP contribution >= 0.6 is 0 Å². The van der Waals surface area contributed by atoms with E-state index < -0.39 is 0 Å². The van der Waals surface area contributed by atoms with Crippen LogP contribution in [-0.4, -0.2) is 21.9 Å². The average Bonchev–Trinajstić information content (AvgIpc) is 3.31. The SMILES string of the molecule is COc1ccc(OCc2ccccc2)c(-c2ccn(Cc3ccc4ccccc4n3)n2)c1. The second kappa shape index (κ2) is 8.94. The molecule has 0 aliphatic rings. The number of pyridine rings is 1. The number of ether oxygens (including phenoxy) is 2. The molecule has 2 heterocycles. The lowest BCUT2D eigenvalue weighted by Gasteiger charge is -2.12. The van der Waals surface area contributed by atoms with E-state index in [-0.39, 0.29) is 0 Å². The fourth-order valence-electron chi connectivity index (χ4n) is 3.65. The lowest BCUT2D eigenvalue weighted by molar-refractivity contribution is 0.306. The van der Waals surface area contributed by atoms with E-state index in [2.05, 4.69) is 24.3 Å². The fraction of sp³-hybridized carbons (Fsp3) is 0.111. The zero-order valence-electron chi connectivity index (χ0n) is 17.8. The van der Waals surface area contributed by atoms with Gasteiger partial charge in [0.1, 0.15) is 18.1 Å². The third-order valence-electron chi connectivity index (χ3n) is 5.32. The van der Waals surface area contributed by atoms with Gasteiger partial charge in [0.15, 0.2) is 0 Å². The van der Waals surface area contributed by atoms with Gasteiger partial charge in [-0.2, -0.15) is 5.10 Å². The molecule has 0 aliphatic carbocycles. The summed E-state index contributed by atoms with van der Waals surface area (Å²) in [6.45, 7) is 1.08. The minimum absolute atomic E-state index is 0.488. The molecule has 5 rings (SSSR count). The zero-order chi connectivity index (χ0) is 21.8. The van der Waals surface area contributed by atoms with Crippen LogP contribution in [0.1, 0.15) is 11.3 Å². The molecule has 0 amide bonds. The van der Waals surface area contributed by atoms with E-state index in [0.717, 1.165) is 44.9 Å². The maximum absolute atomic E-state index is 6.14. The van der Waals surface area contributed by atoms with Crippen molar-refractivity contribution in [1.29, 1.82) is 0 Å². The minimum atomic E-state index is 0.488. The number of methoxy groups -OCH3 is 1. The zero-order valence-corrected chi connectivity index (χ0v) is 17.8. The van der Waals surface area contributed by atoms with Crippen LogP contribution in [0.4, 0.5) is 0 Å². The lowest BCUT2D eigenvalue weighted by Crippen LogP contribution is -2.03. The molecule has 0 unspecified atom stereocenters. The summed E-state index contributed by atoms with van der Waals surface area (Å²) < 4.78 is 13.5. The van der Waals surface area contributed by atoms with E-state index >= 15 is 0 Å². The molecule has 0 saturated heterocycles. The van der Waals surface area contributed by atoms with Crippen LogP contribution in [0.15, 0.2) is 97.2 Å². The number of hydrogen-bond donors (Lipinski definition) is 0. The van der Waals surface area contributed by atoms with Crippen molar-refractivity contribution in [1.82, 2.24) is 14.8 Å². The standard InChI is InChI=1S/C27H23N3O2/c1-31-23-13-14-27(32-19-20-7-3-2-4-8-20)24(17-23)26-15-16-30(29-26)18-22-12-11-21-9-5-6-10-25(21)28-22/h2-17H,18-19H2,1H3. The minimum Gasteiger partial charge on any atom is -0.497 e. The van der Waals surface area contributed by atoms with Gasteiger partial charge >= 0.3 is 0 Å². The number of rotatable bonds is 7. The van der Waals surface area contributed by atoms with Gasteiger partial charge in [-0.05, 0) is 42.0 Å². The molecule has 0 radical (unpaired) electrons. The highest BCUT2D eigenvalue weighted by atomic mass is 16.5. The Morgan fingerprint density at radius 2 is 1.69 bits per heavy atom. The number of benzene rings is 3.